The minimum absolute atomic E-state index is 0.0189. The number of hydrogen-bond donors (Lipinski definition) is 2. The molecule has 5 rings (SSSR count). The Morgan fingerprint density at radius 1 is 1.18 bits per heavy atom. The SMILES string of the molecule is CC1(C)Oc2ccc(N(C(=O)C3CNCC(NC(=O)C4CCOCC4)C3)C3CC3)cc2N(CCCOI)C1=O. The summed E-state index contributed by atoms with van der Waals surface area (Å²) in [5, 5.41) is 6.55. The molecule has 39 heavy (non-hydrogen) atoms. The summed E-state index contributed by atoms with van der Waals surface area (Å²) in [4.78, 5) is 43.7. The van der Waals surface area contributed by atoms with Crippen LogP contribution in [-0.4, -0.2) is 74.9 Å². The highest BCUT2D eigenvalue weighted by Gasteiger charge is 2.43. The molecule has 4 aliphatic rings. The number of carbonyl (C=O) groups excluding carboxylic acids is 3. The number of ether oxygens (including phenoxy) is 2. The summed E-state index contributed by atoms with van der Waals surface area (Å²) in [6.45, 7) is 7.08. The lowest BCUT2D eigenvalue weighted by atomic mass is 9.92. The number of halogens is 1. The number of nitrogens with one attached hydrogen (secondary N) is 2. The van der Waals surface area contributed by atoms with E-state index in [0.29, 0.717) is 63.7 Å². The van der Waals surface area contributed by atoms with E-state index in [1.54, 1.807) is 18.7 Å². The number of nitrogens with zero attached hydrogens (tertiary/aromatic N) is 2. The Hall–Kier alpha value is -1.96. The van der Waals surface area contributed by atoms with Gasteiger partial charge in [-0.2, -0.15) is 0 Å². The Morgan fingerprint density at radius 2 is 1.95 bits per heavy atom. The molecule has 1 aliphatic carbocycles. The lowest BCUT2D eigenvalue weighted by molar-refractivity contribution is -0.132. The number of anilines is 2. The Balaban J connectivity index is 1.32. The van der Waals surface area contributed by atoms with Crippen LogP contribution >= 0.6 is 23.0 Å². The van der Waals surface area contributed by atoms with Crippen LogP contribution in [-0.2, 0) is 22.2 Å². The number of benzene rings is 1. The molecule has 1 aromatic carbocycles. The Labute approximate surface area is 244 Å². The molecule has 1 saturated carbocycles. The first-order valence-corrected chi connectivity index (χ1v) is 15.0. The second-order valence-electron chi connectivity index (χ2n) is 11.5. The summed E-state index contributed by atoms with van der Waals surface area (Å²) in [5.41, 5.74) is 0.497. The van der Waals surface area contributed by atoms with Crippen molar-refractivity contribution in [1.82, 2.24) is 10.6 Å². The molecule has 2 saturated heterocycles. The summed E-state index contributed by atoms with van der Waals surface area (Å²) in [6, 6.07) is 5.78. The van der Waals surface area contributed by atoms with E-state index in [1.165, 1.54) is 0 Å². The molecule has 214 valence electrons. The van der Waals surface area contributed by atoms with Gasteiger partial charge in [-0.25, -0.2) is 0 Å². The summed E-state index contributed by atoms with van der Waals surface area (Å²) < 4.78 is 16.6. The van der Waals surface area contributed by atoms with Crippen molar-refractivity contribution in [1.29, 1.82) is 0 Å². The fourth-order valence-corrected chi connectivity index (χ4v) is 6.08. The second kappa shape index (κ2) is 12.3. The lowest BCUT2D eigenvalue weighted by Gasteiger charge is -2.40. The van der Waals surface area contributed by atoms with Gasteiger partial charge in [0.1, 0.15) is 28.8 Å². The molecule has 2 N–H and O–H groups in total. The van der Waals surface area contributed by atoms with E-state index < -0.39 is 5.60 Å². The molecule has 3 amide bonds. The molecule has 11 heteroatoms. The molecule has 2 atom stereocenters. The van der Waals surface area contributed by atoms with E-state index in [9.17, 15) is 14.4 Å². The number of hydrogen-bond acceptors (Lipinski definition) is 7. The topological polar surface area (TPSA) is 109 Å². The quantitative estimate of drug-likeness (QED) is 0.312. The molecule has 0 bridgehead atoms. The first kappa shape index (κ1) is 28.6. The van der Waals surface area contributed by atoms with Crippen LogP contribution in [0.15, 0.2) is 18.2 Å². The lowest BCUT2D eigenvalue weighted by Crippen LogP contribution is -2.54. The average molecular weight is 655 g/mol. The van der Waals surface area contributed by atoms with Gasteiger partial charge in [0.05, 0.1) is 18.2 Å². The Bertz CT molecular complexity index is 1070. The van der Waals surface area contributed by atoms with Gasteiger partial charge in [0.25, 0.3) is 5.91 Å². The van der Waals surface area contributed by atoms with Gasteiger partial charge in [0.15, 0.2) is 5.60 Å². The zero-order chi connectivity index (χ0) is 27.6. The number of fused-ring (bicyclic) bond motifs is 1. The van der Waals surface area contributed by atoms with Crippen LogP contribution in [0.2, 0.25) is 0 Å². The average Bonchev–Trinajstić information content (AvgIpc) is 3.77. The summed E-state index contributed by atoms with van der Waals surface area (Å²) in [5.74, 6) is 0.385. The van der Waals surface area contributed by atoms with Crippen molar-refractivity contribution in [3.63, 3.8) is 0 Å². The molecule has 1 aromatic rings. The van der Waals surface area contributed by atoms with Crippen LogP contribution in [0.25, 0.3) is 0 Å². The number of amides is 3. The zero-order valence-electron chi connectivity index (χ0n) is 22.7. The molecule has 0 spiro atoms. The largest absolute Gasteiger partial charge is 0.476 e. The van der Waals surface area contributed by atoms with Gasteiger partial charge < -0.3 is 33.0 Å². The van der Waals surface area contributed by atoms with Crippen molar-refractivity contribution in [2.75, 3.05) is 49.3 Å². The molecular formula is C28H39IN4O6. The number of piperidine rings is 1. The third kappa shape index (κ3) is 6.52. The van der Waals surface area contributed by atoms with Crippen molar-refractivity contribution < 1.29 is 26.9 Å². The predicted octanol–water partition coefficient (Wildman–Crippen LogP) is 2.96. The molecule has 3 fully saturated rings. The maximum absolute atomic E-state index is 14.0. The van der Waals surface area contributed by atoms with E-state index in [1.807, 2.05) is 46.1 Å². The Morgan fingerprint density at radius 3 is 2.67 bits per heavy atom. The smallest absolute Gasteiger partial charge is 0.270 e. The third-order valence-electron chi connectivity index (χ3n) is 8.03. The molecule has 0 radical (unpaired) electrons. The van der Waals surface area contributed by atoms with Gasteiger partial charge in [-0.15, -0.1) is 0 Å². The summed E-state index contributed by atoms with van der Waals surface area (Å²) >= 11 is 1.86. The molecule has 0 aromatic heterocycles. The van der Waals surface area contributed by atoms with Crippen LogP contribution in [0.3, 0.4) is 0 Å². The van der Waals surface area contributed by atoms with Crippen LogP contribution in [0.4, 0.5) is 11.4 Å². The highest BCUT2D eigenvalue weighted by molar-refractivity contribution is 14.1. The van der Waals surface area contributed by atoms with Gasteiger partial charge in [-0.05, 0) is 70.6 Å². The van der Waals surface area contributed by atoms with Crippen molar-refractivity contribution in [3.8, 4) is 5.75 Å². The molecule has 3 heterocycles. The highest BCUT2D eigenvalue weighted by atomic mass is 127. The van der Waals surface area contributed by atoms with Gasteiger partial charge in [0, 0.05) is 56.5 Å². The monoisotopic (exact) mass is 654 g/mol. The van der Waals surface area contributed by atoms with Gasteiger partial charge in [-0.1, -0.05) is 0 Å². The van der Waals surface area contributed by atoms with Crippen molar-refractivity contribution >= 4 is 52.1 Å². The zero-order valence-corrected chi connectivity index (χ0v) is 24.9. The van der Waals surface area contributed by atoms with Gasteiger partial charge >= 0.3 is 0 Å². The maximum Gasteiger partial charge on any atom is 0.270 e. The first-order valence-electron chi connectivity index (χ1n) is 14.1. The van der Waals surface area contributed by atoms with Crippen molar-refractivity contribution in [2.45, 2.75) is 70.1 Å². The molecule has 3 aliphatic heterocycles. The molecular weight excluding hydrogens is 615 g/mol. The summed E-state index contributed by atoms with van der Waals surface area (Å²) in [6.07, 6.45) is 4.68. The molecule has 10 nitrogen and oxygen atoms in total. The van der Waals surface area contributed by atoms with Crippen LogP contribution < -0.4 is 25.2 Å². The van der Waals surface area contributed by atoms with E-state index >= 15 is 0 Å². The van der Waals surface area contributed by atoms with Gasteiger partial charge in [0.2, 0.25) is 11.8 Å². The second-order valence-corrected chi connectivity index (χ2v) is 12.1. The standard InChI is InChI=1S/C28H39IN4O6/c1-28(2)27(36)32(10-3-11-38-29)23-15-22(6-7-24(23)39-28)33(21-4-5-21)26(35)19-14-20(17-30-16-19)31-25(34)18-8-12-37-13-9-18/h6-7,15,18-21,30H,3-5,8-14,16-17H2,1-2H3,(H,31,34). The fraction of sp³-hybridized carbons (Fsp3) is 0.679. The minimum atomic E-state index is -0.969. The number of rotatable bonds is 9. The van der Waals surface area contributed by atoms with E-state index in [2.05, 4.69) is 10.6 Å². The predicted molar refractivity (Wildman–Crippen MR) is 155 cm³/mol. The highest BCUT2D eigenvalue weighted by Crippen LogP contribution is 2.43. The fourth-order valence-electron chi connectivity index (χ4n) is 5.77. The summed E-state index contributed by atoms with van der Waals surface area (Å²) in [7, 11) is 0. The molecule has 2 unspecified atom stereocenters. The van der Waals surface area contributed by atoms with E-state index in [4.69, 9.17) is 12.5 Å². The van der Waals surface area contributed by atoms with Crippen molar-refractivity contribution in [2.24, 2.45) is 11.8 Å². The van der Waals surface area contributed by atoms with Crippen LogP contribution in [0, 0.1) is 11.8 Å². The third-order valence-corrected chi connectivity index (χ3v) is 8.47. The van der Waals surface area contributed by atoms with Crippen LogP contribution in [0.1, 0.15) is 52.4 Å². The van der Waals surface area contributed by atoms with Gasteiger partial charge in [-0.3, -0.25) is 14.4 Å². The van der Waals surface area contributed by atoms with Crippen LogP contribution in [0.5, 0.6) is 5.75 Å². The maximum atomic E-state index is 14.0. The normalized spacial score (nSPS) is 25.0. The van der Waals surface area contributed by atoms with E-state index in [-0.39, 0.29) is 41.6 Å². The Kier molecular flexibility index (Phi) is 8.99. The minimum Gasteiger partial charge on any atom is -0.476 e. The number of carbonyl (C=O) groups is 3. The van der Waals surface area contributed by atoms with Crippen molar-refractivity contribution in [3.05, 3.63) is 18.2 Å². The van der Waals surface area contributed by atoms with E-state index in [0.717, 1.165) is 31.4 Å². The first-order chi connectivity index (χ1) is 18.8.